The highest BCUT2D eigenvalue weighted by Crippen LogP contribution is 2.45. The van der Waals surface area contributed by atoms with Crippen molar-refractivity contribution in [2.45, 2.75) is 354 Å². The van der Waals surface area contributed by atoms with Crippen LogP contribution in [0.4, 0.5) is 0 Å². The quantitative estimate of drug-likeness (QED) is 0.0169. The van der Waals surface area contributed by atoms with E-state index in [1.807, 2.05) is 0 Å². The van der Waals surface area contributed by atoms with E-state index in [4.69, 9.17) is 37.0 Å². The second-order valence-corrected chi connectivity index (χ2v) is 27.8. The molecule has 0 aliphatic rings. The van der Waals surface area contributed by atoms with E-state index in [1.54, 1.807) is 0 Å². The van der Waals surface area contributed by atoms with Crippen molar-refractivity contribution in [1.29, 1.82) is 0 Å². The van der Waals surface area contributed by atoms with Crippen molar-refractivity contribution in [3.05, 3.63) is 48.6 Å². The molecule has 0 saturated heterocycles. The molecule has 3 N–H and O–H groups in total. The minimum atomic E-state index is -4.96. The van der Waals surface area contributed by atoms with Gasteiger partial charge >= 0.3 is 39.5 Å². The van der Waals surface area contributed by atoms with Crippen molar-refractivity contribution < 1.29 is 80.2 Å². The van der Waals surface area contributed by atoms with E-state index in [0.717, 1.165) is 122 Å². The SMILES string of the molecule is CC/C=C\C/C=C\C/C=C\C/C=C\CCCCCCC(=O)OCC(COP(=O)(O)OCC(O)COP(=O)(O)OCC(COC(=O)CCCCCCCCCCCCC)OC(=O)CCCCCCCCCCCCC)OC(=O)CCCCCCCCCCCCCCC. The molecule has 5 unspecified atom stereocenters. The first kappa shape index (κ1) is 89.0. The van der Waals surface area contributed by atoms with Gasteiger partial charge in [0.2, 0.25) is 0 Å². The average Bonchev–Trinajstić information content (AvgIpc) is 2.89. The van der Waals surface area contributed by atoms with Gasteiger partial charge < -0.3 is 33.8 Å². The van der Waals surface area contributed by atoms with Gasteiger partial charge in [0.15, 0.2) is 12.2 Å². The summed E-state index contributed by atoms with van der Waals surface area (Å²) in [6.07, 6.45) is 61.1. The molecule has 17 nitrogen and oxygen atoms in total. The number of ether oxygens (including phenoxy) is 4. The minimum absolute atomic E-state index is 0.0965. The van der Waals surface area contributed by atoms with E-state index in [0.29, 0.717) is 25.7 Å². The molecular weight excluding hydrogens is 1210 g/mol. The number of carbonyl (C=O) groups is 4. The molecule has 0 radical (unpaired) electrons. The summed E-state index contributed by atoms with van der Waals surface area (Å²) in [6.45, 7) is 4.77. The molecule has 0 aromatic heterocycles. The number of unbranched alkanes of at least 4 members (excludes halogenated alkanes) is 36. The number of phosphoric acid groups is 2. The van der Waals surface area contributed by atoms with E-state index in [-0.39, 0.29) is 25.7 Å². The molecule has 0 rings (SSSR count). The molecule has 0 aromatic rings. The molecule has 0 aliphatic carbocycles. The summed E-state index contributed by atoms with van der Waals surface area (Å²) in [5.74, 6) is -2.17. The van der Waals surface area contributed by atoms with Crippen molar-refractivity contribution in [1.82, 2.24) is 0 Å². The topological polar surface area (TPSA) is 237 Å². The van der Waals surface area contributed by atoms with E-state index in [9.17, 15) is 43.2 Å². The first-order valence-corrected chi connectivity index (χ1v) is 39.9. The van der Waals surface area contributed by atoms with Crippen LogP contribution in [-0.4, -0.2) is 96.7 Å². The predicted octanol–water partition coefficient (Wildman–Crippen LogP) is 20.6. The molecule has 92 heavy (non-hydrogen) atoms. The predicted molar refractivity (Wildman–Crippen MR) is 372 cm³/mol. The molecule has 0 spiro atoms. The lowest BCUT2D eigenvalue weighted by Crippen LogP contribution is -2.30. The van der Waals surface area contributed by atoms with E-state index in [2.05, 4.69) is 76.3 Å². The van der Waals surface area contributed by atoms with Crippen LogP contribution in [0.2, 0.25) is 0 Å². The molecule has 19 heteroatoms. The maximum absolute atomic E-state index is 13.0. The molecule has 538 valence electrons. The highest BCUT2D eigenvalue weighted by molar-refractivity contribution is 7.47. The standard InChI is InChI=1S/C73H134O17P2/c1-5-9-13-17-21-25-29-31-32-33-34-36-39-42-46-50-54-58-71(76)84-64-69(90-73(78)60-56-52-48-44-40-35-30-26-22-18-14-10-6-2)66-88-92(81,82)86-62-67(74)61-85-91(79,80)87-65-68(89-72(77)59-55-51-47-43-38-28-24-20-16-12-8-4)63-83-70(75)57-53-49-45-41-37-27-23-19-15-11-7-3/h9,13,21,25,31-32,34,36,67-69,74H,5-8,10-12,14-20,22-24,26-30,33,35,37-66H2,1-4H3,(H,79,80)(H,81,82)/b13-9-,25-21-,32-31-,36-34-. The molecule has 0 fully saturated rings. The van der Waals surface area contributed by atoms with Crippen LogP contribution >= 0.6 is 15.6 Å². The number of hydrogen-bond donors (Lipinski definition) is 3. The average molecular weight is 1350 g/mol. The van der Waals surface area contributed by atoms with Crippen LogP contribution in [0.25, 0.3) is 0 Å². The minimum Gasteiger partial charge on any atom is -0.462 e. The first-order chi connectivity index (χ1) is 44.7. The van der Waals surface area contributed by atoms with E-state index in [1.165, 1.54) is 135 Å². The smallest absolute Gasteiger partial charge is 0.462 e. The largest absolute Gasteiger partial charge is 0.472 e. The van der Waals surface area contributed by atoms with Gasteiger partial charge in [-0.3, -0.25) is 37.3 Å². The number of rotatable bonds is 70. The van der Waals surface area contributed by atoms with Gasteiger partial charge in [-0.15, -0.1) is 0 Å². The van der Waals surface area contributed by atoms with Crippen molar-refractivity contribution in [2.75, 3.05) is 39.6 Å². The summed E-state index contributed by atoms with van der Waals surface area (Å²) in [5, 5.41) is 10.6. The maximum atomic E-state index is 13.0. The van der Waals surface area contributed by atoms with Crippen LogP contribution in [0.3, 0.4) is 0 Å². The summed E-state index contributed by atoms with van der Waals surface area (Å²) in [7, 11) is -9.92. The van der Waals surface area contributed by atoms with Crippen molar-refractivity contribution in [2.24, 2.45) is 0 Å². The molecule has 0 aromatic carbocycles. The Morgan fingerprint density at radius 2 is 0.565 bits per heavy atom. The van der Waals surface area contributed by atoms with E-state index >= 15 is 0 Å². The van der Waals surface area contributed by atoms with Crippen LogP contribution in [0.1, 0.15) is 336 Å². The first-order valence-electron chi connectivity index (χ1n) is 36.9. The fourth-order valence-corrected chi connectivity index (χ4v) is 11.8. The van der Waals surface area contributed by atoms with Crippen molar-refractivity contribution in [3.63, 3.8) is 0 Å². The van der Waals surface area contributed by atoms with Gasteiger partial charge in [0.05, 0.1) is 26.4 Å². The van der Waals surface area contributed by atoms with Gasteiger partial charge in [0.1, 0.15) is 19.3 Å². The summed E-state index contributed by atoms with van der Waals surface area (Å²) < 4.78 is 68.3. The number of aliphatic hydroxyl groups is 1. The van der Waals surface area contributed by atoms with Gasteiger partial charge in [-0.05, 0) is 64.2 Å². The number of hydrogen-bond acceptors (Lipinski definition) is 15. The van der Waals surface area contributed by atoms with Crippen molar-refractivity contribution >= 4 is 39.5 Å². The van der Waals surface area contributed by atoms with Gasteiger partial charge in [-0.2, -0.15) is 0 Å². The van der Waals surface area contributed by atoms with Crippen LogP contribution in [0.15, 0.2) is 48.6 Å². The summed E-state index contributed by atoms with van der Waals surface area (Å²) >= 11 is 0. The normalized spacial score (nSPS) is 14.3. The number of esters is 4. The molecule has 0 aliphatic heterocycles. The van der Waals surface area contributed by atoms with Crippen LogP contribution in [0.5, 0.6) is 0 Å². The zero-order chi connectivity index (χ0) is 67.5. The monoisotopic (exact) mass is 1340 g/mol. The van der Waals surface area contributed by atoms with Gasteiger partial charge in [0.25, 0.3) is 0 Å². The maximum Gasteiger partial charge on any atom is 0.472 e. The lowest BCUT2D eigenvalue weighted by Gasteiger charge is -2.21. The number of allylic oxidation sites excluding steroid dienone is 8. The van der Waals surface area contributed by atoms with Crippen LogP contribution < -0.4 is 0 Å². The van der Waals surface area contributed by atoms with Crippen LogP contribution in [0, 0.1) is 0 Å². The Bertz CT molecular complexity index is 1940. The lowest BCUT2D eigenvalue weighted by molar-refractivity contribution is -0.161. The lowest BCUT2D eigenvalue weighted by atomic mass is 10.0. The fourth-order valence-electron chi connectivity index (χ4n) is 10.2. The Labute approximate surface area is 559 Å². The fraction of sp³-hybridized carbons (Fsp3) is 0.836. The molecule has 0 heterocycles. The summed E-state index contributed by atoms with van der Waals surface area (Å²) in [5.41, 5.74) is 0. The van der Waals surface area contributed by atoms with Crippen LogP contribution in [-0.2, 0) is 65.4 Å². The number of phosphoric ester groups is 2. The van der Waals surface area contributed by atoms with Crippen molar-refractivity contribution in [3.8, 4) is 0 Å². The zero-order valence-electron chi connectivity index (χ0n) is 58.5. The third-order valence-corrected chi connectivity index (χ3v) is 17.7. The Morgan fingerprint density at radius 1 is 0.315 bits per heavy atom. The third kappa shape index (κ3) is 65.7. The van der Waals surface area contributed by atoms with E-state index < -0.39 is 97.5 Å². The number of carbonyl (C=O) groups excluding carboxylic acids is 4. The molecular formula is C73H134O17P2. The second kappa shape index (κ2) is 66.6. The number of aliphatic hydroxyl groups excluding tert-OH is 1. The molecule has 0 bridgehead atoms. The third-order valence-electron chi connectivity index (χ3n) is 15.8. The Kier molecular flexibility index (Phi) is 64.5. The van der Waals surface area contributed by atoms with Gasteiger partial charge in [-0.25, -0.2) is 9.13 Å². The molecule has 5 atom stereocenters. The molecule has 0 amide bonds. The van der Waals surface area contributed by atoms with Gasteiger partial charge in [-0.1, -0.05) is 295 Å². The molecule has 0 saturated carbocycles. The highest BCUT2D eigenvalue weighted by atomic mass is 31.2. The summed E-state index contributed by atoms with van der Waals surface area (Å²) in [6, 6.07) is 0. The zero-order valence-corrected chi connectivity index (χ0v) is 60.3. The second-order valence-electron chi connectivity index (χ2n) is 24.9. The van der Waals surface area contributed by atoms with Gasteiger partial charge in [0, 0.05) is 25.7 Å². The Balaban J connectivity index is 5.29. The Hall–Kier alpha value is -2.98. The Morgan fingerprint density at radius 3 is 0.870 bits per heavy atom. The summed E-state index contributed by atoms with van der Waals surface area (Å²) in [4.78, 5) is 72.6. The highest BCUT2D eigenvalue weighted by Gasteiger charge is 2.30.